The van der Waals surface area contributed by atoms with Gasteiger partial charge >= 0.3 is 17.7 Å². The average Bonchev–Trinajstić information content (AvgIpc) is 2.95. The number of benzene rings is 1. The predicted octanol–water partition coefficient (Wildman–Crippen LogP) is 2.54. The first kappa shape index (κ1) is 20.6. The number of ether oxygens (including phenoxy) is 1. The summed E-state index contributed by atoms with van der Waals surface area (Å²) in [6.07, 6.45) is 7.55. The van der Waals surface area contributed by atoms with E-state index in [9.17, 15) is 14.4 Å². The Morgan fingerprint density at radius 1 is 1.21 bits per heavy atom. The standard InChI is InChI=1S/C21H26N4O4/c1-29-19(26)17-9-3-2-4-10-18(17)24-20(27)23-16-8-5-7-15(13-16)14-25-12-6-11-22-21(25)28/h5-8,11-13,17-18H,2-4,9-10,14H2,1H3,(H2,23,24,27)/t17-,18-/m0/s1. The van der Waals surface area contributed by atoms with Crippen LogP contribution in [0.15, 0.2) is 47.5 Å². The first-order chi connectivity index (χ1) is 14.1. The van der Waals surface area contributed by atoms with Crippen molar-refractivity contribution in [2.45, 2.75) is 44.7 Å². The number of methoxy groups -OCH3 is 1. The quantitative estimate of drug-likeness (QED) is 0.595. The molecule has 0 unspecified atom stereocenters. The molecule has 1 saturated carbocycles. The highest BCUT2D eigenvalue weighted by Crippen LogP contribution is 2.25. The summed E-state index contributed by atoms with van der Waals surface area (Å²) in [5.74, 6) is -0.599. The van der Waals surface area contributed by atoms with Gasteiger partial charge < -0.3 is 15.4 Å². The van der Waals surface area contributed by atoms with Gasteiger partial charge in [0.15, 0.2) is 0 Å². The smallest absolute Gasteiger partial charge is 0.347 e. The Labute approximate surface area is 169 Å². The van der Waals surface area contributed by atoms with Crippen LogP contribution < -0.4 is 16.3 Å². The molecule has 29 heavy (non-hydrogen) atoms. The van der Waals surface area contributed by atoms with Gasteiger partial charge in [-0.05, 0) is 36.6 Å². The lowest BCUT2D eigenvalue weighted by atomic mass is 9.95. The van der Waals surface area contributed by atoms with Crippen LogP contribution >= 0.6 is 0 Å². The molecule has 1 aromatic heterocycles. The van der Waals surface area contributed by atoms with Crippen LogP contribution in [0.2, 0.25) is 0 Å². The third-order valence-electron chi connectivity index (χ3n) is 5.16. The zero-order chi connectivity index (χ0) is 20.6. The molecule has 1 heterocycles. The number of anilines is 1. The summed E-state index contributed by atoms with van der Waals surface area (Å²) in [6, 6.07) is 8.37. The maximum Gasteiger partial charge on any atom is 0.347 e. The van der Waals surface area contributed by atoms with Crippen LogP contribution in [-0.4, -0.2) is 34.7 Å². The Morgan fingerprint density at radius 2 is 2.03 bits per heavy atom. The van der Waals surface area contributed by atoms with Crippen LogP contribution in [0.3, 0.4) is 0 Å². The molecule has 8 heteroatoms. The van der Waals surface area contributed by atoms with Gasteiger partial charge in [0.1, 0.15) is 0 Å². The number of rotatable bonds is 5. The summed E-state index contributed by atoms with van der Waals surface area (Å²) in [5.41, 5.74) is 1.14. The number of hydrogen-bond acceptors (Lipinski definition) is 5. The van der Waals surface area contributed by atoms with Crippen LogP contribution in [-0.2, 0) is 16.1 Å². The molecule has 8 nitrogen and oxygen atoms in total. The molecule has 2 atom stereocenters. The molecule has 2 aromatic rings. The second kappa shape index (κ2) is 9.86. The molecule has 1 aromatic carbocycles. The van der Waals surface area contributed by atoms with Gasteiger partial charge in [-0.1, -0.05) is 31.4 Å². The SMILES string of the molecule is COC(=O)[C@H]1CCCCC[C@@H]1NC(=O)Nc1cccc(Cn2cccnc2=O)c1. The number of carbonyl (C=O) groups excluding carboxylic acids is 2. The van der Waals surface area contributed by atoms with Crippen molar-refractivity contribution in [1.29, 1.82) is 0 Å². The minimum Gasteiger partial charge on any atom is -0.469 e. The number of hydrogen-bond donors (Lipinski definition) is 2. The van der Waals surface area contributed by atoms with E-state index in [1.54, 1.807) is 18.3 Å². The topological polar surface area (TPSA) is 102 Å². The van der Waals surface area contributed by atoms with Crippen LogP contribution in [0.1, 0.15) is 37.7 Å². The second-order valence-corrected chi connectivity index (χ2v) is 7.20. The van der Waals surface area contributed by atoms with Crippen molar-refractivity contribution >= 4 is 17.7 Å². The van der Waals surface area contributed by atoms with Gasteiger partial charge in [0.25, 0.3) is 0 Å². The van der Waals surface area contributed by atoms with Gasteiger partial charge in [0.2, 0.25) is 0 Å². The normalized spacial score (nSPS) is 19.1. The fourth-order valence-electron chi connectivity index (χ4n) is 3.70. The summed E-state index contributed by atoms with van der Waals surface area (Å²) in [7, 11) is 1.38. The largest absolute Gasteiger partial charge is 0.469 e. The molecular formula is C21H26N4O4. The fourth-order valence-corrected chi connectivity index (χ4v) is 3.70. The van der Waals surface area contributed by atoms with Crippen LogP contribution in [0.5, 0.6) is 0 Å². The predicted molar refractivity (Wildman–Crippen MR) is 109 cm³/mol. The maximum absolute atomic E-state index is 12.5. The van der Waals surface area contributed by atoms with E-state index >= 15 is 0 Å². The van der Waals surface area contributed by atoms with E-state index in [0.717, 1.165) is 31.2 Å². The minimum atomic E-state index is -0.360. The van der Waals surface area contributed by atoms with Crippen molar-refractivity contribution in [3.63, 3.8) is 0 Å². The summed E-state index contributed by atoms with van der Waals surface area (Å²) in [4.78, 5) is 40.1. The summed E-state index contributed by atoms with van der Waals surface area (Å²) in [6.45, 7) is 0.358. The van der Waals surface area contributed by atoms with E-state index in [4.69, 9.17) is 4.74 Å². The van der Waals surface area contributed by atoms with E-state index in [1.165, 1.54) is 17.9 Å². The highest BCUT2D eigenvalue weighted by molar-refractivity contribution is 5.90. The number of aromatic nitrogens is 2. The third-order valence-corrected chi connectivity index (χ3v) is 5.16. The van der Waals surface area contributed by atoms with Crippen LogP contribution in [0, 0.1) is 5.92 Å². The summed E-state index contributed by atoms with van der Waals surface area (Å²) in [5, 5.41) is 5.76. The van der Waals surface area contributed by atoms with E-state index in [1.807, 2.05) is 18.2 Å². The highest BCUT2D eigenvalue weighted by Gasteiger charge is 2.31. The van der Waals surface area contributed by atoms with Crippen molar-refractivity contribution in [2.75, 3.05) is 12.4 Å². The van der Waals surface area contributed by atoms with Crippen LogP contribution in [0.25, 0.3) is 0 Å². The summed E-state index contributed by atoms with van der Waals surface area (Å²) >= 11 is 0. The van der Waals surface area contributed by atoms with Gasteiger partial charge in [-0.15, -0.1) is 0 Å². The molecule has 1 fully saturated rings. The Balaban J connectivity index is 1.65. The molecule has 0 bridgehead atoms. The zero-order valence-corrected chi connectivity index (χ0v) is 16.5. The Morgan fingerprint density at radius 3 is 2.83 bits per heavy atom. The lowest BCUT2D eigenvalue weighted by molar-refractivity contribution is -0.146. The first-order valence-corrected chi connectivity index (χ1v) is 9.82. The molecule has 0 spiro atoms. The van der Waals surface area contributed by atoms with Crippen molar-refractivity contribution in [1.82, 2.24) is 14.9 Å². The van der Waals surface area contributed by atoms with E-state index < -0.39 is 0 Å². The lowest BCUT2D eigenvalue weighted by Gasteiger charge is -2.24. The molecule has 1 aliphatic carbocycles. The fraction of sp³-hybridized carbons (Fsp3) is 0.429. The zero-order valence-electron chi connectivity index (χ0n) is 16.5. The lowest BCUT2D eigenvalue weighted by Crippen LogP contribution is -2.45. The molecule has 0 radical (unpaired) electrons. The minimum absolute atomic E-state index is 0.248. The average molecular weight is 398 g/mol. The number of nitrogens with one attached hydrogen (secondary N) is 2. The van der Waals surface area contributed by atoms with Crippen molar-refractivity contribution in [3.05, 3.63) is 58.8 Å². The van der Waals surface area contributed by atoms with Crippen molar-refractivity contribution in [3.8, 4) is 0 Å². The van der Waals surface area contributed by atoms with Gasteiger partial charge in [0, 0.05) is 24.1 Å². The monoisotopic (exact) mass is 398 g/mol. The number of urea groups is 1. The first-order valence-electron chi connectivity index (χ1n) is 9.82. The van der Waals surface area contributed by atoms with E-state index in [0.29, 0.717) is 18.7 Å². The third kappa shape index (κ3) is 5.66. The summed E-state index contributed by atoms with van der Waals surface area (Å²) < 4.78 is 6.41. The molecule has 154 valence electrons. The number of carbonyl (C=O) groups is 2. The highest BCUT2D eigenvalue weighted by atomic mass is 16.5. The Kier molecular flexibility index (Phi) is 6.99. The van der Waals surface area contributed by atoms with Gasteiger partial charge in [-0.3, -0.25) is 9.36 Å². The molecule has 3 rings (SSSR count). The molecule has 1 aliphatic rings. The number of esters is 1. The Hall–Kier alpha value is -3.16. The molecule has 2 amide bonds. The van der Waals surface area contributed by atoms with Crippen molar-refractivity contribution < 1.29 is 14.3 Å². The van der Waals surface area contributed by atoms with E-state index in [-0.39, 0.29) is 29.6 Å². The Bertz CT molecular complexity index is 911. The second-order valence-electron chi connectivity index (χ2n) is 7.20. The maximum atomic E-state index is 12.5. The van der Waals surface area contributed by atoms with Gasteiger partial charge in [0.05, 0.1) is 19.6 Å². The molecule has 0 saturated heterocycles. The molecular weight excluding hydrogens is 372 g/mol. The number of nitrogens with zero attached hydrogens (tertiary/aromatic N) is 2. The van der Waals surface area contributed by atoms with E-state index in [2.05, 4.69) is 15.6 Å². The van der Waals surface area contributed by atoms with Crippen LogP contribution in [0.4, 0.5) is 10.5 Å². The molecule has 2 N–H and O–H groups in total. The number of amides is 2. The molecule has 0 aliphatic heterocycles. The van der Waals surface area contributed by atoms with Gasteiger partial charge in [-0.2, -0.15) is 0 Å². The van der Waals surface area contributed by atoms with Crippen molar-refractivity contribution in [2.24, 2.45) is 5.92 Å². The van der Waals surface area contributed by atoms with Gasteiger partial charge in [-0.25, -0.2) is 14.6 Å².